The first-order chi connectivity index (χ1) is 15.6. The van der Waals surface area contributed by atoms with Crippen LogP contribution >= 0.6 is 11.8 Å². The Balaban J connectivity index is 1.48. The van der Waals surface area contributed by atoms with Gasteiger partial charge in [-0.05, 0) is 43.5 Å². The maximum Gasteiger partial charge on any atom is 0.297 e. The molecule has 0 spiro atoms. The van der Waals surface area contributed by atoms with Crippen LogP contribution in [0.15, 0.2) is 62.9 Å². The topological polar surface area (TPSA) is 86.4 Å². The molecule has 0 bridgehead atoms. The second-order valence-corrected chi connectivity index (χ2v) is 8.82. The molecule has 1 saturated heterocycles. The summed E-state index contributed by atoms with van der Waals surface area (Å²) in [7, 11) is 0. The van der Waals surface area contributed by atoms with Crippen LogP contribution in [0, 0.1) is 6.92 Å². The zero-order valence-electron chi connectivity index (χ0n) is 17.7. The largest absolute Gasteiger partial charge is 0.448 e. The van der Waals surface area contributed by atoms with Crippen LogP contribution in [0.2, 0.25) is 0 Å². The molecule has 164 valence electrons. The van der Waals surface area contributed by atoms with Crippen molar-refractivity contribution >= 4 is 45.4 Å². The fraction of sp³-hybridized carbons (Fsp3) is 0.292. The quantitative estimate of drug-likeness (QED) is 0.348. The number of aromatic nitrogens is 2. The van der Waals surface area contributed by atoms with Crippen molar-refractivity contribution in [1.82, 2.24) is 9.55 Å². The van der Waals surface area contributed by atoms with Gasteiger partial charge in [0.2, 0.25) is 11.5 Å². The number of aryl methyl sites for hydroxylation is 1. The summed E-state index contributed by atoms with van der Waals surface area (Å²) >= 11 is 1.25. The Morgan fingerprint density at radius 2 is 2.03 bits per heavy atom. The minimum absolute atomic E-state index is 0.0449. The van der Waals surface area contributed by atoms with Crippen molar-refractivity contribution in [2.75, 3.05) is 17.7 Å². The number of hydrogen-bond acceptors (Lipinski definition) is 6. The molecule has 1 aliphatic rings. The predicted octanol–water partition coefficient (Wildman–Crippen LogP) is 4.36. The highest BCUT2D eigenvalue weighted by Gasteiger charge is 2.23. The molecule has 1 fully saturated rings. The highest BCUT2D eigenvalue weighted by molar-refractivity contribution is 7.99. The second-order valence-electron chi connectivity index (χ2n) is 7.87. The van der Waals surface area contributed by atoms with Gasteiger partial charge in [0.05, 0.1) is 18.4 Å². The van der Waals surface area contributed by atoms with Crippen molar-refractivity contribution in [2.45, 2.75) is 37.6 Å². The molecule has 1 N–H and O–H groups in total. The minimum atomic E-state index is -0.247. The molecule has 0 saturated carbocycles. The molecule has 8 heteroatoms. The molecule has 2 aromatic carbocycles. The fourth-order valence-corrected chi connectivity index (χ4v) is 4.75. The molecule has 7 nitrogen and oxygen atoms in total. The molecule has 0 unspecified atom stereocenters. The van der Waals surface area contributed by atoms with Crippen molar-refractivity contribution in [1.29, 1.82) is 0 Å². The number of benzene rings is 2. The lowest BCUT2D eigenvalue weighted by Gasteiger charge is -2.15. The van der Waals surface area contributed by atoms with Gasteiger partial charge in [-0.3, -0.25) is 14.2 Å². The predicted molar refractivity (Wildman–Crippen MR) is 125 cm³/mol. The van der Waals surface area contributed by atoms with E-state index in [4.69, 9.17) is 14.1 Å². The molecule has 4 aromatic rings. The number of amides is 1. The van der Waals surface area contributed by atoms with E-state index >= 15 is 0 Å². The summed E-state index contributed by atoms with van der Waals surface area (Å²) in [4.78, 5) is 30.7. The van der Waals surface area contributed by atoms with Crippen LogP contribution in [0.3, 0.4) is 0 Å². The van der Waals surface area contributed by atoms with Gasteiger partial charge in [-0.15, -0.1) is 0 Å². The maximum absolute atomic E-state index is 13.3. The molecule has 0 aliphatic carbocycles. The molecule has 1 aliphatic heterocycles. The molecule has 1 atom stereocenters. The highest BCUT2D eigenvalue weighted by atomic mass is 32.2. The zero-order chi connectivity index (χ0) is 22.1. The molecule has 0 radical (unpaired) electrons. The smallest absolute Gasteiger partial charge is 0.297 e. The first-order valence-corrected chi connectivity index (χ1v) is 11.6. The summed E-state index contributed by atoms with van der Waals surface area (Å²) in [6, 6.07) is 15.1. The lowest BCUT2D eigenvalue weighted by atomic mass is 10.2. The van der Waals surface area contributed by atoms with E-state index in [-0.39, 0.29) is 28.9 Å². The SMILES string of the molecule is Cc1ccccc1NC(=O)CSc1nc2c(oc3ccccc32)c(=O)n1C[C@H]1CCCO1. The van der Waals surface area contributed by atoms with Gasteiger partial charge in [0.1, 0.15) is 11.1 Å². The number of nitrogens with one attached hydrogen (secondary N) is 1. The van der Waals surface area contributed by atoms with Gasteiger partial charge in [0.15, 0.2) is 5.16 Å². The lowest BCUT2D eigenvalue weighted by molar-refractivity contribution is -0.113. The highest BCUT2D eigenvalue weighted by Crippen LogP contribution is 2.28. The van der Waals surface area contributed by atoms with Crippen molar-refractivity contribution in [3.63, 3.8) is 0 Å². The van der Waals surface area contributed by atoms with Gasteiger partial charge in [0.25, 0.3) is 5.56 Å². The number of carbonyl (C=O) groups excluding carboxylic acids is 1. The summed E-state index contributed by atoms with van der Waals surface area (Å²) < 4.78 is 13.2. The van der Waals surface area contributed by atoms with Crippen LogP contribution in [0.1, 0.15) is 18.4 Å². The maximum atomic E-state index is 13.3. The Hall–Kier alpha value is -3.10. The third-order valence-electron chi connectivity index (χ3n) is 5.61. The molecule has 32 heavy (non-hydrogen) atoms. The number of ether oxygens (including phenoxy) is 1. The number of thioether (sulfide) groups is 1. The standard InChI is InChI=1S/C24H23N3O4S/c1-15-7-2-4-10-18(15)25-20(28)14-32-24-26-21-17-9-3-5-11-19(17)31-22(21)23(29)27(24)13-16-8-6-12-30-16/h2-5,7,9-11,16H,6,8,12-14H2,1H3,(H,25,28)/t16-/m1/s1. The van der Waals surface area contributed by atoms with Gasteiger partial charge in [-0.2, -0.15) is 0 Å². The number of hydrogen-bond donors (Lipinski definition) is 1. The van der Waals surface area contributed by atoms with Crippen LogP contribution in [0.25, 0.3) is 22.1 Å². The molecule has 1 amide bonds. The Morgan fingerprint density at radius 1 is 1.22 bits per heavy atom. The van der Waals surface area contributed by atoms with E-state index in [1.807, 2.05) is 55.5 Å². The lowest BCUT2D eigenvalue weighted by Crippen LogP contribution is -2.29. The monoisotopic (exact) mass is 449 g/mol. The van der Waals surface area contributed by atoms with Crippen LogP contribution in [-0.4, -0.2) is 33.9 Å². The number of nitrogens with zero attached hydrogens (tertiary/aromatic N) is 2. The fourth-order valence-electron chi connectivity index (χ4n) is 3.95. The number of para-hydroxylation sites is 2. The summed E-state index contributed by atoms with van der Waals surface area (Å²) in [6.45, 7) is 3.03. The van der Waals surface area contributed by atoms with E-state index < -0.39 is 0 Å². The Kier molecular flexibility index (Phi) is 5.71. The van der Waals surface area contributed by atoms with E-state index in [0.29, 0.717) is 29.4 Å². The van der Waals surface area contributed by atoms with Gasteiger partial charge < -0.3 is 14.5 Å². The Morgan fingerprint density at radius 3 is 2.84 bits per heavy atom. The molecular formula is C24H23N3O4S. The first kappa shape index (κ1) is 20.8. The van der Waals surface area contributed by atoms with Gasteiger partial charge in [-0.25, -0.2) is 4.98 Å². The number of anilines is 1. The average Bonchev–Trinajstić information content (AvgIpc) is 3.44. The third kappa shape index (κ3) is 4.03. The second kappa shape index (κ2) is 8.80. The van der Waals surface area contributed by atoms with Crippen molar-refractivity contribution in [3.8, 4) is 0 Å². The summed E-state index contributed by atoms with van der Waals surface area (Å²) in [5, 5.41) is 4.21. The van der Waals surface area contributed by atoms with Crippen LogP contribution in [-0.2, 0) is 16.1 Å². The first-order valence-electron chi connectivity index (χ1n) is 10.6. The zero-order valence-corrected chi connectivity index (χ0v) is 18.5. The van der Waals surface area contributed by atoms with Crippen LogP contribution in [0.5, 0.6) is 0 Å². The van der Waals surface area contributed by atoms with E-state index in [0.717, 1.165) is 29.5 Å². The van der Waals surface area contributed by atoms with Gasteiger partial charge in [-0.1, -0.05) is 42.1 Å². The van der Waals surface area contributed by atoms with E-state index in [9.17, 15) is 9.59 Å². The number of carbonyl (C=O) groups is 1. The Labute approximate surface area is 188 Å². The van der Waals surface area contributed by atoms with E-state index in [1.54, 1.807) is 4.57 Å². The summed E-state index contributed by atoms with van der Waals surface area (Å²) in [6.07, 6.45) is 1.82. The molecule has 3 heterocycles. The van der Waals surface area contributed by atoms with Crippen LogP contribution in [0.4, 0.5) is 5.69 Å². The van der Waals surface area contributed by atoms with Crippen LogP contribution < -0.4 is 10.9 Å². The Bertz CT molecular complexity index is 1350. The van der Waals surface area contributed by atoms with E-state index in [2.05, 4.69) is 5.32 Å². The van der Waals surface area contributed by atoms with Crippen molar-refractivity contribution in [2.24, 2.45) is 0 Å². The molecule has 2 aromatic heterocycles. The van der Waals surface area contributed by atoms with E-state index in [1.165, 1.54) is 11.8 Å². The number of rotatable bonds is 6. The summed E-state index contributed by atoms with van der Waals surface area (Å²) in [5.41, 5.74) is 2.90. The average molecular weight is 450 g/mol. The summed E-state index contributed by atoms with van der Waals surface area (Å²) in [5.74, 6) is -0.0208. The molecular weight excluding hydrogens is 426 g/mol. The third-order valence-corrected chi connectivity index (χ3v) is 6.59. The van der Waals surface area contributed by atoms with Gasteiger partial charge in [0, 0.05) is 17.7 Å². The van der Waals surface area contributed by atoms with Crippen molar-refractivity contribution < 1.29 is 13.9 Å². The minimum Gasteiger partial charge on any atom is -0.448 e. The van der Waals surface area contributed by atoms with Gasteiger partial charge >= 0.3 is 0 Å². The molecule has 5 rings (SSSR count). The number of fused-ring (bicyclic) bond motifs is 3. The van der Waals surface area contributed by atoms with Crippen molar-refractivity contribution in [3.05, 3.63) is 64.4 Å². The normalized spacial score (nSPS) is 16.1. The number of furan rings is 1.